The average Bonchev–Trinajstić information content (AvgIpc) is 2.79. The van der Waals surface area contributed by atoms with Gasteiger partial charge < -0.3 is 19.5 Å². The molecule has 0 saturated carbocycles. The van der Waals surface area contributed by atoms with E-state index in [9.17, 15) is 14.4 Å². The van der Waals surface area contributed by atoms with Crippen molar-refractivity contribution in [1.82, 2.24) is 0 Å². The number of esters is 1. The first-order valence-electron chi connectivity index (χ1n) is 10.4. The van der Waals surface area contributed by atoms with Crippen LogP contribution < -0.4 is 14.8 Å². The lowest BCUT2D eigenvalue weighted by molar-refractivity contribution is -0.147. The number of methoxy groups -OCH3 is 1. The Morgan fingerprint density at radius 1 is 0.935 bits per heavy atom. The summed E-state index contributed by atoms with van der Waals surface area (Å²) in [5.74, 6) is 0.0706. The van der Waals surface area contributed by atoms with Crippen LogP contribution in [-0.4, -0.2) is 38.0 Å². The fourth-order valence-electron chi connectivity index (χ4n) is 2.76. The van der Waals surface area contributed by atoms with Crippen molar-refractivity contribution in [3.8, 4) is 11.5 Å². The summed E-state index contributed by atoms with van der Waals surface area (Å²) in [6, 6.07) is 13.7. The molecule has 0 radical (unpaired) electrons. The van der Waals surface area contributed by atoms with Gasteiger partial charge in [-0.2, -0.15) is 0 Å². The SMILES string of the molecule is CCCCCOc1ccc(C(=O)CCC(=O)OCC(=O)Nc2cccc(OC)c2)cc1. The summed E-state index contributed by atoms with van der Waals surface area (Å²) in [5, 5.41) is 2.61. The Hall–Kier alpha value is -3.35. The zero-order chi connectivity index (χ0) is 22.5. The quantitative estimate of drug-likeness (QED) is 0.289. The molecular weight excluding hydrogens is 398 g/mol. The van der Waals surface area contributed by atoms with Crippen LogP contribution in [0.3, 0.4) is 0 Å². The van der Waals surface area contributed by atoms with Crippen LogP contribution in [0.15, 0.2) is 48.5 Å². The second-order valence-electron chi connectivity index (χ2n) is 6.94. The van der Waals surface area contributed by atoms with E-state index in [0.29, 0.717) is 29.4 Å². The monoisotopic (exact) mass is 427 g/mol. The van der Waals surface area contributed by atoms with Gasteiger partial charge in [0, 0.05) is 23.7 Å². The smallest absolute Gasteiger partial charge is 0.306 e. The van der Waals surface area contributed by atoms with Gasteiger partial charge in [-0.25, -0.2) is 0 Å². The third kappa shape index (κ3) is 8.90. The zero-order valence-corrected chi connectivity index (χ0v) is 18.0. The van der Waals surface area contributed by atoms with Crippen molar-refractivity contribution in [3.05, 3.63) is 54.1 Å². The molecule has 2 aromatic carbocycles. The fraction of sp³-hybridized carbons (Fsp3) is 0.375. The highest BCUT2D eigenvalue weighted by atomic mass is 16.5. The molecule has 31 heavy (non-hydrogen) atoms. The van der Waals surface area contributed by atoms with Crippen LogP contribution in [-0.2, 0) is 14.3 Å². The maximum Gasteiger partial charge on any atom is 0.306 e. The molecule has 0 heterocycles. The molecule has 7 heteroatoms. The number of amides is 1. The van der Waals surface area contributed by atoms with Crippen molar-refractivity contribution in [2.24, 2.45) is 0 Å². The zero-order valence-electron chi connectivity index (χ0n) is 18.0. The topological polar surface area (TPSA) is 90.9 Å². The summed E-state index contributed by atoms with van der Waals surface area (Å²) >= 11 is 0. The van der Waals surface area contributed by atoms with E-state index in [1.54, 1.807) is 48.5 Å². The average molecular weight is 427 g/mol. The van der Waals surface area contributed by atoms with Gasteiger partial charge in [0.25, 0.3) is 5.91 Å². The van der Waals surface area contributed by atoms with Crippen molar-refractivity contribution in [2.45, 2.75) is 39.0 Å². The van der Waals surface area contributed by atoms with Gasteiger partial charge in [-0.05, 0) is 42.8 Å². The Balaban J connectivity index is 1.69. The standard InChI is InChI=1S/C24H29NO6/c1-3-4-5-15-30-20-11-9-18(10-12-20)22(26)13-14-24(28)31-17-23(27)25-19-7-6-8-21(16-19)29-2/h6-12,16H,3-5,13-15,17H2,1-2H3,(H,25,27). The Labute approximate surface area is 182 Å². The van der Waals surface area contributed by atoms with Crippen LogP contribution in [0.1, 0.15) is 49.4 Å². The predicted molar refractivity (Wildman–Crippen MR) is 118 cm³/mol. The number of anilines is 1. The molecule has 0 bridgehead atoms. The number of carbonyl (C=O) groups excluding carboxylic acids is 3. The van der Waals surface area contributed by atoms with Crippen LogP contribution in [0.4, 0.5) is 5.69 Å². The first-order chi connectivity index (χ1) is 15.0. The molecule has 1 amide bonds. The highest BCUT2D eigenvalue weighted by molar-refractivity contribution is 5.98. The summed E-state index contributed by atoms with van der Waals surface area (Å²) < 4.78 is 15.7. The van der Waals surface area contributed by atoms with Gasteiger partial charge >= 0.3 is 5.97 Å². The number of hydrogen-bond donors (Lipinski definition) is 1. The molecule has 0 aliphatic carbocycles. The lowest BCUT2D eigenvalue weighted by atomic mass is 10.1. The van der Waals surface area contributed by atoms with Gasteiger partial charge in [0.2, 0.25) is 0 Å². The minimum absolute atomic E-state index is 0.00698. The van der Waals surface area contributed by atoms with Gasteiger partial charge in [-0.1, -0.05) is 25.8 Å². The van der Waals surface area contributed by atoms with E-state index in [2.05, 4.69) is 12.2 Å². The molecule has 2 rings (SSSR count). The number of carbonyl (C=O) groups is 3. The van der Waals surface area contributed by atoms with Gasteiger partial charge in [0.05, 0.1) is 20.1 Å². The lowest BCUT2D eigenvalue weighted by Gasteiger charge is -2.08. The molecule has 0 aliphatic rings. The maximum atomic E-state index is 12.3. The van der Waals surface area contributed by atoms with E-state index >= 15 is 0 Å². The molecule has 7 nitrogen and oxygen atoms in total. The molecule has 0 saturated heterocycles. The van der Waals surface area contributed by atoms with E-state index < -0.39 is 18.5 Å². The molecular formula is C24H29NO6. The Bertz CT molecular complexity index is 863. The number of Topliss-reactive ketones (excluding diaryl/α,β-unsaturated/α-hetero) is 1. The minimum atomic E-state index is -0.606. The van der Waals surface area contributed by atoms with Crippen LogP contribution in [0.2, 0.25) is 0 Å². The van der Waals surface area contributed by atoms with Crippen molar-refractivity contribution < 1.29 is 28.6 Å². The predicted octanol–water partition coefficient (Wildman–Crippen LogP) is 4.41. The number of benzene rings is 2. The first kappa shape index (κ1) is 23.9. The van der Waals surface area contributed by atoms with E-state index in [1.165, 1.54) is 7.11 Å². The van der Waals surface area contributed by atoms with Crippen LogP contribution >= 0.6 is 0 Å². The fourth-order valence-corrected chi connectivity index (χ4v) is 2.76. The first-order valence-corrected chi connectivity index (χ1v) is 10.4. The molecule has 2 aromatic rings. The molecule has 0 aromatic heterocycles. The third-order valence-corrected chi connectivity index (χ3v) is 4.47. The van der Waals surface area contributed by atoms with Crippen LogP contribution in [0, 0.1) is 0 Å². The normalized spacial score (nSPS) is 10.3. The van der Waals surface area contributed by atoms with Crippen molar-refractivity contribution >= 4 is 23.3 Å². The van der Waals surface area contributed by atoms with E-state index in [0.717, 1.165) is 19.3 Å². The van der Waals surface area contributed by atoms with E-state index in [4.69, 9.17) is 14.2 Å². The summed E-state index contributed by atoms with van der Waals surface area (Å²) in [7, 11) is 1.53. The molecule has 0 fully saturated rings. The van der Waals surface area contributed by atoms with Gasteiger partial charge in [-0.15, -0.1) is 0 Å². The minimum Gasteiger partial charge on any atom is -0.497 e. The third-order valence-electron chi connectivity index (χ3n) is 4.47. The maximum absolute atomic E-state index is 12.3. The van der Waals surface area contributed by atoms with E-state index in [1.807, 2.05) is 0 Å². The molecule has 0 spiro atoms. The van der Waals surface area contributed by atoms with Crippen LogP contribution in [0.5, 0.6) is 11.5 Å². The molecule has 166 valence electrons. The summed E-state index contributed by atoms with van der Waals surface area (Å²) in [6.45, 7) is 2.36. The summed E-state index contributed by atoms with van der Waals surface area (Å²) in [5.41, 5.74) is 1.04. The number of ketones is 1. The van der Waals surface area contributed by atoms with E-state index in [-0.39, 0.29) is 18.6 Å². The van der Waals surface area contributed by atoms with Gasteiger partial charge in [0.15, 0.2) is 12.4 Å². The molecule has 0 aliphatic heterocycles. The number of nitrogens with one attached hydrogen (secondary N) is 1. The van der Waals surface area contributed by atoms with Gasteiger partial charge in [0.1, 0.15) is 11.5 Å². The summed E-state index contributed by atoms with van der Waals surface area (Å²) in [6.07, 6.45) is 3.16. The lowest BCUT2D eigenvalue weighted by Crippen LogP contribution is -2.21. The van der Waals surface area contributed by atoms with Gasteiger partial charge in [-0.3, -0.25) is 14.4 Å². The molecule has 1 N–H and O–H groups in total. The highest BCUT2D eigenvalue weighted by Gasteiger charge is 2.12. The second kappa shape index (κ2) is 13.1. The number of hydrogen-bond acceptors (Lipinski definition) is 6. The highest BCUT2D eigenvalue weighted by Crippen LogP contribution is 2.17. The van der Waals surface area contributed by atoms with Crippen molar-refractivity contribution in [1.29, 1.82) is 0 Å². The number of rotatable bonds is 13. The largest absolute Gasteiger partial charge is 0.497 e. The second-order valence-corrected chi connectivity index (χ2v) is 6.94. The molecule has 0 unspecified atom stereocenters. The Kier molecular flexibility index (Phi) is 10.1. The van der Waals surface area contributed by atoms with Crippen molar-refractivity contribution in [3.63, 3.8) is 0 Å². The van der Waals surface area contributed by atoms with Crippen LogP contribution in [0.25, 0.3) is 0 Å². The number of unbranched alkanes of at least 4 members (excludes halogenated alkanes) is 2. The Morgan fingerprint density at radius 3 is 2.42 bits per heavy atom. The molecule has 0 atom stereocenters. The Morgan fingerprint density at radius 2 is 1.71 bits per heavy atom. The summed E-state index contributed by atoms with van der Waals surface area (Å²) in [4.78, 5) is 36.0. The number of ether oxygens (including phenoxy) is 3. The van der Waals surface area contributed by atoms with Crippen molar-refractivity contribution in [2.75, 3.05) is 25.6 Å².